The fraction of sp³-hybridized carbons (Fsp3) is 0.375. The van der Waals surface area contributed by atoms with Crippen LogP contribution in [0.2, 0.25) is 0 Å². The zero-order valence-electron chi connectivity index (χ0n) is 18.3. The summed E-state index contributed by atoms with van der Waals surface area (Å²) in [5.74, 6) is -1.04. The highest BCUT2D eigenvalue weighted by molar-refractivity contribution is 5.90. The lowest BCUT2D eigenvalue weighted by Crippen LogP contribution is -2.35. The van der Waals surface area contributed by atoms with Crippen molar-refractivity contribution in [2.75, 3.05) is 13.2 Å². The normalized spacial score (nSPS) is 19.8. The van der Waals surface area contributed by atoms with Crippen molar-refractivity contribution < 1.29 is 33.3 Å². The lowest BCUT2D eigenvalue weighted by atomic mass is 10.1. The topological polar surface area (TPSA) is 100 Å². The smallest absolute Gasteiger partial charge is 0.409 e. The molecule has 2 aromatic carbocycles. The first-order valence-electron chi connectivity index (χ1n) is 10.5. The minimum Gasteiger partial charge on any atom is -0.459 e. The van der Waals surface area contributed by atoms with Gasteiger partial charge in [-0.15, -0.1) is 0 Å². The molecule has 3 unspecified atom stereocenters. The van der Waals surface area contributed by atoms with Crippen LogP contribution in [-0.4, -0.2) is 49.7 Å². The second kappa shape index (κ2) is 10.8. The van der Waals surface area contributed by atoms with Gasteiger partial charge in [-0.05, 0) is 45.0 Å². The Morgan fingerprint density at radius 1 is 0.906 bits per heavy atom. The molecular weight excluding hydrogens is 414 g/mol. The van der Waals surface area contributed by atoms with Gasteiger partial charge in [0.1, 0.15) is 25.0 Å². The number of benzene rings is 2. The summed E-state index contributed by atoms with van der Waals surface area (Å²) in [6.45, 7) is 5.60. The van der Waals surface area contributed by atoms with Gasteiger partial charge in [0.2, 0.25) is 0 Å². The number of alkyl carbamates (subject to hydrolysis) is 1. The molecular formula is C24H27NO7. The predicted octanol–water partition coefficient (Wildman–Crippen LogP) is 3.55. The van der Waals surface area contributed by atoms with Crippen LogP contribution in [0.15, 0.2) is 48.5 Å². The molecule has 170 valence electrons. The molecule has 0 bridgehead atoms. The van der Waals surface area contributed by atoms with Crippen molar-refractivity contribution in [2.24, 2.45) is 0 Å². The maximum Gasteiger partial charge on any atom is 0.409 e. The summed E-state index contributed by atoms with van der Waals surface area (Å²) in [5.41, 5.74) is 2.85. The molecule has 1 heterocycles. The number of hydrogen-bond acceptors (Lipinski definition) is 7. The predicted molar refractivity (Wildman–Crippen MR) is 115 cm³/mol. The average molecular weight is 441 g/mol. The number of carbonyl (C=O) groups is 3. The van der Waals surface area contributed by atoms with Gasteiger partial charge in [0, 0.05) is 6.42 Å². The Balaban J connectivity index is 1.65. The van der Waals surface area contributed by atoms with E-state index in [2.05, 4.69) is 5.32 Å². The standard InChI is InChI=1S/C24H27NO7/c1-4-29-24(28)25-21-13-19(32-23(27)18-11-7-16(3)8-12-18)20(31-21)14-30-22(26)17-9-5-15(2)6-10-17/h5-12,19-21H,4,13-14H2,1-3H3,(H,25,28). The molecule has 0 spiro atoms. The number of aryl methyl sites for hydroxylation is 2. The molecule has 2 aromatic rings. The lowest BCUT2D eigenvalue weighted by Gasteiger charge is -2.19. The quantitative estimate of drug-likeness (QED) is 0.518. The number of carbonyl (C=O) groups excluding carboxylic acids is 3. The van der Waals surface area contributed by atoms with E-state index >= 15 is 0 Å². The van der Waals surface area contributed by atoms with Crippen molar-refractivity contribution >= 4 is 18.0 Å². The Labute approximate surface area is 186 Å². The van der Waals surface area contributed by atoms with E-state index in [1.54, 1.807) is 31.2 Å². The third kappa shape index (κ3) is 6.31. The fourth-order valence-corrected chi connectivity index (χ4v) is 3.21. The second-order valence-corrected chi connectivity index (χ2v) is 7.54. The van der Waals surface area contributed by atoms with Crippen molar-refractivity contribution in [2.45, 2.75) is 45.6 Å². The van der Waals surface area contributed by atoms with E-state index in [9.17, 15) is 14.4 Å². The molecule has 0 radical (unpaired) electrons. The Kier molecular flexibility index (Phi) is 7.83. The Morgan fingerprint density at radius 3 is 2.03 bits per heavy atom. The van der Waals surface area contributed by atoms with Crippen molar-refractivity contribution in [1.82, 2.24) is 5.32 Å². The summed E-state index contributed by atoms with van der Waals surface area (Å²) < 4.78 is 21.7. The number of ether oxygens (including phenoxy) is 4. The van der Waals surface area contributed by atoms with Crippen molar-refractivity contribution in [3.8, 4) is 0 Å². The molecule has 0 saturated carbocycles. The van der Waals surface area contributed by atoms with Crippen LogP contribution in [-0.2, 0) is 18.9 Å². The first-order valence-corrected chi connectivity index (χ1v) is 10.5. The molecule has 1 aliphatic heterocycles. The van der Waals surface area contributed by atoms with E-state index < -0.39 is 36.5 Å². The van der Waals surface area contributed by atoms with Crippen LogP contribution in [0.3, 0.4) is 0 Å². The number of hydrogen-bond donors (Lipinski definition) is 1. The maximum atomic E-state index is 12.6. The van der Waals surface area contributed by atoms with Gasteiger partial charge in [-0.1, -0.05) is 35.4 Å². The van der Waals surface area contributed by atoms with Crippen LogP contribution in [0, 0.1) is 13.8 Å². The number of rotatable bonds is 7. The van der Waals surface area contributed by atoms with Crippen LogP contribution in [0.25, 0.3) is 0 Å². The van der Waals surface area contributed by atoms with Gasteiger partial charge >= 0.3 is 18.0 Å². The van der Waals surface area contributed by atoms with Crippen LogP contribution in [0.1, 0.15) is 45.2 Å². The third-order valence-corrected chi connectivity index (χ3v) is 4.97. The molecule has 0 aliphatic carbocycles. The summed E-state index contributed by atoms with van der Waals surface area (Å²) in [6.07, 6.45) is -2.65. The molecule has 1 saturated heterocycles. The summed E-state index contributed by atoms with van der Waals surface area (Å²) in [7, 11) is 0. The third-order valence-electron chi connectivity index (χ3n) is 4.97. The van der Waals surface area contributed by atoms with Gasteiger partial charge in [0.15, 0.2) is 0 Å². The van der Waals surface area contributed by atoms with Crippen LogP contribution < -0.4 is 5.32 Å². The number of nitrogens with one attached hydrogen (secondary N) is 1. The zero-order valence-corrected chi connectivity index (χ0v) is 18.3. The van der Waals surface area contributed by atoms with Crippen LogP contribution in [0.4, 0.5) is 4.79 Å². The largest absolute Gasteiger partial charge is 0.459 e. The molecule has 32 heavy (non-hydrogen) atoms. The fourth-order valence-electron chi connectivity index (χ4n) is 3.21. The van der Waals surface area contributed by atoms with Crippen molar-refractivity contribution in [1.29, 1.82) is 0 Å². The van der Waals surface area contributed by atoms with E-state index in [0.717, 1.165) is 11.1 Å². The van der Waals surface area contributed by atoms with Crippen LogP contribution >= 0.6 is 0 Å². The molecule has 8 heteroatoms. The monoisotopic (exact) mass is 441 g/mol. The average Bonchev–Trinajstić information content (AvgIpc) is 3.13. The highest BCUT2D eigenvalue weighted by atomic mass is 16.6. The Hall–Kier alpha value is -3.39. The SMILES string of the molecule is CCOC(=O)NC1CC(OC(=O)c2ccc(C)cc2)C(COC(=O)c2ccc(C)cc2)O1. The summed E-state index contributed by atoms with van der Waals surface area (Å²) in [5, 5.41) is 2.57. The van der Waals surface area contributed by atoms with E-state index in [1.807, 2.05) is 38.1 Å². The molecule has 1 amide bonds. The van der Waals surface area contributed by atoms with E-state index in [-0.39, 0.29) is 19.6 Å². The van der Waals surface area contributed by atoms with E-state index in [1.165, 1.54) is 0 Å². The van der Waals surface area contributed by atoms with Crippen LogP contribution in [0.5, 0.6) is 0 Å². The van der Waals surface area contributed by atoms with Crippen molar-refractivity contribution in [3.05, 3.63) is 70.8 Å². The number of esters is 2. The minimum absolute atomic E-state index is 0.139. The summed E-state index contributed by atoms with van der Waals surface area (Å²) >= 11 is 0. The van der Waals surface area contributed by atoms with Gasteiger partial charge in [0.25, 0.3) is 0 Å². The highest BCUT2D eigenvalue weighted by Gasteiger charge is 2.40. The zero-order chi connectivity index (χ0) is 23.1. The molecule has 3 atom stereocenters. The molecule has 1 N–H and O–H groups in total. The highest BCUT2D eigenvalue weighted by Crippen LogP contribution is 2.24. The van der Waals surface area contributed by atoms with Gasteiger partial charge in [-0.25, -0.2) is 14.4 Å². The van der Waals surface area contributed by atoms with Gasteiger partial charge in [-0.2, -0.15) is 0 Å². The minimum atomic E-state index is -0.745. The Bertz CT molecular complexity index is 940. The molecule has 1 aliphatic rings. The first-order chi connectivity index (χ1) is 15.4. The molecule has 3 rings (SSSR count). The molecule has 8 nitrogen and oxygen atoms in total. The summed E-state index contributed by atoms with van der Waals surface area (Å²) in [6, 6.07) is 14.0. The van der Waals surface area contributed by atoms with Gasteiger partial charge < -0.3 is 18.9 Å². The van der Waals surface area contributed by atoms with E-state index in [4.69, 9.17) is 18.9 Å². The summed E-state index contributed by atoms with van der Waals surface area (Å²) in [4.78, 5) is 36.7. The Morgan fingerprint density at radius 2 is 1.47 bits per heavy atom. The first kappa shape index (κ1) is 23.3. The maximum absolute atomic E-state index is 12.6. The molecule has 0 aromatic heterocycles. The lowest BCUT2D eigenvalue weighted by molar-refractivity contribution is -0.0471. The van der Waals surface area contributed by atoms with Gasteiger partial charge in [0.05, 0.1) is 17.7 Å². The van der Waals surface area contributed by atoms with Gasteiger partial charge in [-0.3, -0.25) is 5.32 Å². The molecule has 1 fully saturated rings. The second-order valence-electron chi connectivity index (χ2n) is 7.54. The van der Waals surface area contributed by atoms with Crippen molar-refractivity contribution in [3.63, 3.8) is 0 Å². The number of amides is 1. The van der Waals surface area contributed by atoms with E-state index in [0.29, 0.717) is 11.1 Å².